The number of hydrogen-bond acceptors (Lipinski definition) is 5. The lowest BCUT2D eigenvalue weighted by Crippen LogP contribution is -2.60. The van der Waals surface area contributed by atoms with Crippen LogP contribution in [0.2, 0.25) is 0 Å². The van der Waals surface area contributed by atoms with Crippen molar-refractivity contribution in [3.63, 3.8) is 0 Å². The third kappa shape index (κ3) is 8.06. The Balaban J connectivity index is 1.09. The van der Waals surface area contributed by atoms with Crippen molar-refractivity contribution in [1.82, 2.24) is 0 Å². The number of benzene rings is 6. The molecule has 1 fully saturated rings. The average Bonchev–Trinajstić information content (AvgIpc) is 1.45. The van der Waals surface area contributed by atoms with E-state index in [4.69, 9.17) is 0 Å². The van der Waals surface area contributed by atoms with Crippen LogP contribution >= 0.6 is 22.7 Å². The Bertz CT molecular complexity index is 4220. The molecule has 468 valence electrons. The van der Waals surface area contributed by atoms with E-state index in [1.165, 1.54) is 185 Å². The zero-order valence-corrected chi connectivity index (χ0v) is 60.5. The van der Waals surface area contributed by atoms with Gasteiger partial charge in [0.1, 0.15) is 0 Å². The second kappa shape index (κ2) is 18.3. The summed E-state index contributed by atoms with van der Waals surface area (Å²) in [6, 6.07) is 39.8. The summed E-state index contributed by atoms with van der Waals surface area (Å²) < 4.78 is 5.86. The SMILES string of the molecule is CC(C)(C)c1ccc2c(c1)C1(C)CCCCC1(C)N2c1cc2c3c(c1)N(c1ccc4c(c1)C(C)(C)CCC4(C)C)c1c(sc4cc5c(cc14)C(C)(C)CCC5(C)C)B3c1sc3cc4c(cc3c1N2c1ccc2c(c1)C(C)(C)CCC2(C)C)C(C)(C)CCC4(C)C. The van der Waals surface area contributed by atoms with Crippen LogP contribution in [0.4, 0.5) is 45.5 Å². The molecule has 16 rings (SSSR count). The maximum Gasteiger partial charge on any atom is 0.277 e. The molecule has 0 saturated heterocycles. The first kappa shape index (κ1) is 59.7. The van der Waals surface area contributed by atoms with Gasteiger partial charge in [-0.3, -0.25) is 0 Å². The van der Waals surface area contributed by atoms with Gasteiger partial charge in [-0.05, 0) is 248 Å². The standard InChI is InChI=1S/C84H102BN3S2/c1-74(2,3)49-24-29-64-63(40-49)83(20)30-22-23-31-84(83,21)88(64)52-43-65-69-66(44-52)87(51-26-28-56-58(42-51)78(10,11)35-33-76(56,6)7)71-54-46-60-62(82(18,19)39-37-80(60,14)15)48-68(54)90-73(71)85(69)72-70(53-45-59-61(47-67(53)89-72)81(16,17)38-36-79(59,12)13)86(65)50-25-27-55-57(41-50)77(8,9)34-32-75(55,4)5/h24-29,40-48H,22-23,30-39H2,1-21H3. The predicted molar refractivity (Wildman–Crippen MR) is 394 cm³/mol. The van der Waals surface area contributed by atoms with E-state index in [0.29, 0.717) is 0 Å². The fourth-order valence-corrected chi connectivity index (χ4v) is 22.5. The summed E-state index contributed by atoms with van der Waals surface area (Å²) in [5.41, 5.74) is 27.8. The van der Waals surface area contributed by atoms with E-state index in [1.807, 2.05) is 0 Å². The first-order valence-electron chi connectivity index (χ1n) is 35.2. The number of hydrogen-bond donors (Lipinski definition) is 0. The topological polar surface area (TPSA) is 9.72 Å². The van der Waals surface area contributed by atoms with Gasteiger partial charge in [0.05, 0.1) is 16.9 Å². The van der Waals surface area contributed by atoms with Gasteiger partial charge in [-0.1, -0.05) is 176 Å². The van der Waals surface area contributed by atoms with Crippen molar-refractivity contribution in [1.29, 1.82) is 0 Å². The van der Waals surface area contributed by atoms with Crippen molar-refractivity contribution < 1.29 is 0 Å². The molecule has 2 atom stereocenters. The Morgan fingerprint density at radius 3 is 1.14 bits per heavy atom. The Labute approximate surface area is 549 Å². The molecular formula is C84H102BN3S2. The lowest BCUT2D eigenvalue weighted by atomic mass is 9.39. The van der Waals surface area contributed by atoms with E-state index >= 15 is 0 Å². The molecule has 3 nitrogen and oxygen atoms in total. The molecule has 3 aliphatic heterocycles. The second-order valence-corrected chi connectivity index (χ2v) is 39.2. The molecule has 2 unspecified atom stereocenters. The van der Waals surface area contributed by atoms with Crippen LogP contribution in [0.3, 0.4) is 0 Å². The zero-order valence-electron chi connectivity index (χ0n) is 58.9. The Kier molecular flexibility index (Phi) is 12.2. The fraction of sp³-hybridized carbons (Fsp3) is 0.524. The highest BCUT2D eigenvalue weighted by Gasteiger charge is 2.59. The maximum absolute atomic E-state index is 2.93. The monoisotopic (exact) mass is 1230 g/mol. The molecule has 0 spiro atoms. The summed E-state index contributed by atoms with van der Waals surface area (Å²) in [5.74, 6) is 0. The minimum absolute atomic E-state index is 0.0178. The van der Waals surface area contributed by atoms with Gasteiger partial charge in [-0.2, -0.15) is 0 Å². The van der Waals surface area contributed by atoms with Crippen molar-refractivity contribution in [2.45, 2.75) is 282 Å². The van der Waals surface area contributed by atoms with E-state index < -0.39 is 0 Å². The van der Waals surface area contributed by atoms with Crippen LogP contribution in [-0.4, -0.2) is 12.3 Å². The normalized spacial score (nSPS) is 25.3. The molecule has 0 bridgehead atoms. The summed E-state index contributed by atoms with van der Waals surface area (Å²) in [5, 5.41) is 2.84. The van der Waals surface area contributed by atoms with Crippen LogP contribution in [0.25, 0.3) is 20.2 Å². The van der Waals surface area contributed by atoms with Crippen molar-refractivity contribution >= 4 is 110 Å². The summed E-state index contributed by atoms with van der Waals surface area (Å²) in [6.07, 6.45) is 14.3. The number of anilines is 8. The molecule has 0 N–H and O–H groups in total. The van der Waals surface area contributed by atoms with E-state index in [9.17, 15) is 0 Å². The first-order chi connectivity index (χ1) is 41.9. The second-order valence-electron chi connectivity index (χ2n) is 37.1. The van der Waals surface area contributed by atoms with E-state index in [2.05, 4.69) is 274 Å². The van der Waals surface area contributed by atoms with Gasteiger partial charge in [0.25, 0.3) is 6.71 Å². The highest BCUT2D eigenvalue weighted by atomic mass is 32.1. The first-order valence-corrected chi connectivity index (χ1v) is 36.8. The average molecular weight is 1230 g/mol. The molecule has 2 aromatic heterocycles. The molecule has 5 aliphatic carbocycles. The van der Waals surface area contributed by atoms with Gasteiger partial charge in [-0.25, -0.2) is 0 Å². The van der Waals surface area contributed by atoms with Gasteiger partial charge < -0.3 is 14.7 Å². The van der Waals surface area contributed by atoms with Crippen molar-refractivity contribution in [2.24, 2.45) is 0 Å². The highest BCUT2D eigenvalue weighted by Crippen LogP contribution is 2.64. The maximum atomic E-state index is 2.93. The molecule has 0 radical (unpaired) electrons. The third-order valence-corrected chi connectivity index (χ3v) is 29.0. The van der Waals surface area contributed by atoms with Gasteiger partial charge in [0.2, 0.25) is 0 Å². The Hall–Kier alpha value is -5.30. The molecule has 0 amide bonds. The summed E-state index contributed by atoms with van der Waals surface area (Å²) in [6.45, 7) is 52.9. The summed E-state index contributed by atoms with van der Waals surface area (Å²) >= 11 is 4.25. The number of thiophene rings is 2. The van der Waals surface area contributed by atoms with Crippen molar-refractivity contribution in [3.8, 4) is 0 Å². The van der Waals surface area contributed by atoms with Gasteiger partial charge >= 0.3 is 0 Å². The van der Waals surface area contributed by atoms with Gasteiger partial charge in [-0.15, -0.1) is 22.7 Å². The van der Waals surface area contributed by atoms with E-state index in [0.717, 1.165) is 6.42 Å². The Morgan fingerprint density at radius 1 is 0.356 bits per heavy atom. The van der Waals surface area contributed by atoms with E-state index in [-0.39, 0.29) is 66.4 Å². The smallest absolute Gasteiger partial charge is 0.277 e. The minimum atomic E-state index is -0.165. The molecule has 8 aromatic rings. The summed E-state index contributed by atoms with van der Waals surface area (Å²) in [7, 11) is 0. The van der Waals surface area contributed by atoms with Gasteiger partial charge in [0, 0.05) is 69.3 Å². The van der Waals surface area contributed by atoms with Gasteiger partial charge in [0.15, 0.2) is 0 Å². The van der Waals surface area contributed by atoms with Crippen molar-refractivity contribution in [2.75, 3.05) is 14.7 Å². The molecule has 5 heterocycles. The lowest BCUT2D eigenvalue weighted by Gasteiger charge is -2.51. The molecule has 90 heavy (non-hydrogen) atoms. The molecule has 6 heteroatoms. The van der Waals surface area contributed by atoms with Crippen LogP contribution in [0.15, 0.2) is 91.0 Å². The van der Waals surface area contributed by atoms with E-state index in [1.54, 1.807) is 22.3 Å². The summed E-state index contributed by atoms with van der Waals surface area (Å²) in [4.78, 5) is 8.68. The number of nitrogens with zero attached hydrogens (tertiary/aromatic N) is 3. The lowest BCUT2D eigenvalue weighted by molar-refractivity contribution is 0.195. The zero-order chi connectivity index (χ0) is 63.7. The third-order valence-electron chi connectivity index (χ3n) is 26.6. The van der Waals surface area contributed by atoms with Crippen LogP contribution in [0.5, 0.6) is 0 Å². The fourth-order valence-electron chi connectivity index (χ4n) is 19.8. The quantitative estimate of drug-likeness (QED) is 0.163. The molecule has 6 aromatic carbocycles. The number of rotatable bonds is 3. The number of fused-ring (bicyclic) bond motifs is 15. The van der Waals surface area contributed by atoms with Crippen LogP contribution in [0, 0.1) is 0 Å². The van der Waals surface area contributed by atoms with Crippen LogP contribution < -0.4 is 29.7 Å². The largest absolute Gasteiger partial charge is 0.334 e. The predicted octanol–water partition coefficient (Wildman–Crippen LogP) is 22.6. The van der Waals surface area contributed by atoms with Crippen LogP contribution in [0.1, 0.15) is 278 Å². The minimum Gasteiger partial charge on any atom is -0.334 e. The van der Waals surface area contributed by atoms with Crippen molar-refractivity contribution in [3.05, 3.63) is 147 Å². The molecular weight excluding hydrogens is 1130 g/mol. The molecule has 8 aliphatic rings. The highest BCUT2D eigenvalue weighted by molar-refractivity contribution is 7.40. The van der Waals surface area contributed by atoms with Crippen LogP contribution in [-0.2, 0) is 54.1 Å². The Morgan fingerprint density at radius 2 is 0.733 bits per heavy atom. The molecule has 1 saturated carbocycles.